The number of amides is 4. The van der Waals surface area contributed by atoms with Crippen molar-refractivity contribution in [3.05, 3.63) is 141 Å². The average Bonchev–Trinajstić information content (AvgIpc) is 1.65. The van der Waals surface area contributed by atoms with Gasteiger partial charge in [-0.05, 0) is 185 Å². The van der Waals surface area contributed by atoms with Crippen LogP contribution < -0.4 is 25.6 Å². The molecule has 10 heterocycles. The molecule has 8 atom stereocenters. The van der Waals surface area contributed by atoms with Gasteiger partial charge in [0.05, 0.1) is 89.8 Å². The van der Waals surface area contributed by atoms with Crippen LogP contribution in [0.25, 0.3) is 33.1 Å². The van der Waals surface area contributed by atoms with Crippen LogP contribution in [0.1, 0.15) is 164 Å². The van der Waals surface area contributed by atoms with E-state index in [4.69, 9.17) is 43.4 Å². The van der Waals surface area contributed by atoms with Crippen LogP contribution in [0.4, 0.5) is 31.4 Å². The van der Waals surface area contributed by atoms with E-state index >= 15 is 0 Å². The fourth-order valence-electron chi connectivity index (χ4n) is 17.6. The number of aromatic nitrogens is 7. The molecule has 572 valence electrons. The monoisotopic (exact) mass is 1460 g/mol. The minimum absolute atomic E-state index is 0.00915. The van der Waals surface area contributed by atoms with Crippen molar-refractivity contribution in [2.24, 2.45) is 11.8 Å². The van der Waals surface area contributed by atoms with Crippen LogP contribution in [-0.2, 0) is 96.2 Å². The number of Topliss-reactive ketones (excluding diaryl/α,β-unsaturated/α-hetero) is 1. The third-order valence-corrected chi connectivity index (χ3v) is 23.2. The number of imidazole rings is 3. The zero-order valence-corrected chi connectivity index (χ0v) is 64.0. The molecule has 0 bridgehead atoms. The Bertz CT molecular complexity index is 4520. The van der Waals surface area contributed by atoms with Gasteiger partial charge in [0.1, 0.15) is 29.8 Å². The van der Waals surface area contributed by atoms with Crippen LogP contribution in [0.3, 0.4) is 0 Å². The topological polar surface area (TPSA) is 241 Å². The first kappa shape index (κ1) is 76.2. The van der Waals surface area contributed by atoms with Crippen molar-refractivity contribution >= 4 is 80.1 Å². The Morgan fingerprint density at radius 3 is 1.69 bits per heavy atom. The van der Waals surface area contributed by atoms with E-state index in [1.807, 2.05) is 35.8 Å². The van der Waals surface area contributed by atoms with Gasteiger partial charge in [0.25, 0.3) is 5.56 Å². The Morgan fingerprint density at radius 1 is 0.561 bits per heavy atom. The van der Waals surface area contributed by atoms with Gasteiger partial charge < -0.3 is 52.0 Å². The molecule has 0 spiro atoms. The third-order valence-electron chi connectivity index (χ3n) is 23.2. The quantitative estimate of drug-likeness (QED) is 0.0833. The van der Waals surface area contributed by atoms with E-state index in [2.05, 4.69) is 95.6 Å². The van der Waals surface area contributed by atoms with Crippen molar-refractivity contribution in [2.45, 2.75) is 219 Å². The maximum atomic E-state index is 13.1. The van der Waals surface area contributed by atoms with Crippen molar-refractivity contribution in [2.75, 3.05) is 82.0 Å². The number of anilines is 3. The molecule has 8 aromatic rings. The lowest BCUT2D eigenvalue weighted by Gasteiger charge is -2.35. The highest BCUT2D eigenvalue weighted by molar-refractivity contribution is 5.98. The van der Waals surface area contributed by atoms with E-state index in [1.165, 1.54) is 33.0 Å². The average molecular weight is 1470 g/mol. The lowest BCUT2D eigenvalue weighted by molar-refractivity contribution is -0.122. The first-order valence-electron chi connectivity index (χ1n) is 39.1. The lowest BCUT2D eigenvalue weighted by atomic mass is 9.83. The largest absolute Gasteiger partial charge is 0.452 e. The lowest BCUT2D eigenvalue weighted by Crippen LogP contribution is -2.46. The molecular formula is C83H108N12O12. The van der Waals surface area contributed by atoms with Gasteiger partial charge >= 0.3 is 18.3 Å². The van der Waals surface area contributed by atoms with Gasteiger partial charge in [0.15, 0.2) is 0 Å². The molecule has 1 N–H and O–H groups in total. The Balaban J connectivity index is 0.000000142. The molecule has 15 rings (SSSR count). The summed E-state index contributed by atoms with van der Waals surface area (Å²) in [6, 6.07) is 28.3. The van der Waals surface area contributed by atoms with Gasteiger partial charge in [-0.2, -0.15) is 0 Å². The van der Waals surface area contributed by atoms with Gasteiger partial charge in [-0.15, -0.1) is 0 Å². The maximum absolute atomic E-state index is 13.1. The molecule has 107 heavy (non-hydrogen) atoms. The molecule has 3 saturated heterocycles. The van der Waals surface area contributed by atoms with Crippen molar-refractivity contribution < 1.29 is 52.4 Å². The molecule has 1 aliphatic carbocycles. The number of benzene rings is 4. The molecule has 24 nitrogen and oxygen atoms in total. The SMILES string of the molecule is COC(=O)N1c2ccc3c(nc(CC[C@H]4CCCO4)n3[C@@H]3CCC[C@H](C(C)=O)C3)c2CC[C@@H]1C.COC(=O)N1c2ccc3c(nc(CCn4ccccc4=O)n3CC(=O)NCC3CCOCC3)c2CC[C@@H]1C.COC(=O)N1c2ccc3c(nc(Cc4ccccc4)n3CCN3C[C@H](C)O[C@@H](C)C3)c2CC[C@@H]1C. The molecule has 4 amide bonds. The van der Waals surface area contributed by atoms with Crippen molar-refractivity contribution in [1.82, 2.24) is 43.4 Å². The number of methoxy groups -OCH3 is 3. The van der Waals surface area contributed by atoms with Crippen molar-refractivity contribution in [1.29, 1.82) is 0 Å². The van der Waals surface area contributed by atoms with Crippen LogP contribution in [0.5, 0.6) is 0 Å². The predicted octanol–water partition coefficient (Wildman–Crippen LogP) is 12.9. The number of hydrogen-bond donors (Lipinski definition) is 1. The van der Waals surface area contributed by atoms with Crippen LogP contribution in [0, 0.1) is 11.8 Å². The number of fused-ring (bicyclic) bond motifs is 9. The Kier molecular flexibility index (Phi) is 24.6. The van der Waals surface area contributed by atoms with E-state index in [-0.39, 0.29) is 72.5 Å². The molecule has 24 heteroatoms. The minimum Gasteiger partial charge on any atom is -0.452 e. The van der Waals surface area contributed by atoms with Gasteiger partial charge in [-0.25, -0.2) is 29.3 Å². The smallest absolute Gasteiger partial charge is 0.414 e. The number of pyridine rings is 1. The number of hydrogen-bond acceptors (Lipinski definition) is 16. The number of ketones is 1. The summed E-state index contributed by atoms with van der Waals surface area (Å²) in [5.41, 5.74) is 13.0. The normalized spacial score (nSPS) is 22.4. The standard InChI is InChI=1S/C28H35N5O5.C28H36N4O3.C27H37N3O4/c1-19-6-7-21-22(33(19)28(36)37-2)8-9-23-27(21)30-24(10-14-31-13-4-3-5-26(31)35)32(23)18-25(34)29-17-20-11-15-38-16-12-20;1-19-10-11-23-24(32(19)28(33)34-4)12-13-25-27(23)29-26(16-22-8-6-5-7-9-22)31(25)15-14-30-17-20(2)35-21(3)18-30;1-17-9-11-22-23(29(17)27(32)33-3)12-13-24-26(22)28-25(14-10-21-8-5-15-34-21)30(24)20-7-4-6-19(16-20)18(2)31/h3-5,8-9,13,19-20H,6-7,10-12,14-18H2,1-2H3,(H,29,34);5-9,12-13,19-21H,10-11,14-18H2,1-4H3;12-13,17,19-21H,4-11,14-16H2,1-3H3/t19-;19-,20-,21-;17-,19-,20+,21+/m000/s1. The van der Waals surface area contributed by atoms with Gasteiger partial charge in [0, 0.05) is 137 Å². The second-order valence-corrected chi connectivity index (χ2v) is 30.5. The van der Waals surface area contributed by atoms with E-state index in [1.54, 1.807) is 38.5 Å². The molecule has 0 radical (unpaired) electrons. The summed E-state index contributed by atoms with van der Waals surface area (Å²) in [5.74, 6) is 3.68. The number of carbonyl (C=O) groups is 5. The summed E-state index contributed by atoms with van der Waals surface area (Å²) in [6.45, 7) is 19.5. The molecule has 7 aliphatic rings. The van der Waals surface area contributed by atoms with E-state index in [0.29, 0.717) is 37.3 Å². The summed E-state index contributed by atoms with van der Waals surface area (Å²) in [6.07, 6.45) is 18.0. The second-order valence-electron chi connectivity index (χ2n) is 30.5. The van der Waals surface area contributed by atoms with Crippen LogP contribution >= 0.6 is 0 Å². The first-order valence-corrected chi connectivity index (χ1v) is 39.1. The predicted molar refractivity (Wildman–Crippen MR) is 413 cm³/mol. The number of nitrogens with one attached hydrogen (secondary N) is 1. The van der Waals surface area contributed by atoms with Crippen molar-refractivity contribution in [3.8, 4) is 0 Å². The third kappa shape index (κ3) is 17.0. The fraction of sp³-hybridized carbons (Fsp3) is 0.554. The number of nitrogens with zero attached hydrogens (tertiary/aromatic N) is 11. The highest BCUT2D eigenvalue weighted by Crippen LogP contribution is 2.43. The summed E-state index contributed by atoms with van der Waals surface area (Å²) >= 11 is 0. The first-order chi connectivity index (χ1) is 51.9. The zero-order valence-electron chi connectivity index (χ0n) is 64.0. The number of aryl methyl sites for hydroxylation is 6. The molecule has 1 saturated carbocycles. The zero-order chi connectivity index (χ0) is 75.0. The van der Waals surface area contributed by atoms with Gasteiger partial charge in [-0.3, -0.25) is 34.0 Å². The highest BCUT2D eigenvalue weighted by Gasteiger charge is 2.37. The maximum Gasteiger partial charge on any atom is 0.414 e. The summed E-state index contributed by atoms with van der Waals surface area (Å²) in [7, 11) is 4.27. The van der Waals surface area contributed by atoms with E-state index in [9.17, 15) is 28.8 Å². The molecule has 0 unspecified atom stereocenters. The number of morpholine rings is 1. The van der Waals surface area contributed by atoms with Gasteiger partial charge in [-0.1, -0.05) is 42.8 Å². The summed E-state index contributed by atoms with van der Waals surface area (Å²) < 4.78 is 40.9. The van der Waals surface area contributed by atoms with Crippen LogP contribution in [0.15, 0.2) is 95.9 Å². The number of ether oxygens (including phenoxy) is 6. The molecule has 4 fully saturated rings. The molecule has 6 aliphatic heterocycles. The summed E-state index contributed by atoms with van der Waals surface area (Å²) in [4.78, 5) is 98.4. The van der Waals surface area contributed by atoms with Gasteiger partial charge in [0.2, 0.25) is 5.91 Å². The van der Waals surface area contributed by atoms with Crippen LogP contribution in [-0.4, -0.2) is 172 Å². The Hall–Kier alpha value is -8.97. The number of carbonyl (C=O) groups excluding carboxylic acids is 5. The second kappa shape index (κ2) is 34.5. The summed E-state index contributed by atoms with van der Waals surface area (Å²) in [5, 5.41) is 3.10. The Morgan fingerprint density at radius 2 is 1.12 bits per heavy atom. The molecule has 4 aromatic heterocycles. The molecular weight excluding hydrogens is 1360 g/mol. The molecule has 4 aromatic carbocycles. The fourth-order valence-corrected chi connectivity index (χ4v) is 17.6. The van der Waals surface area contributed by atoms with E-state index in [0.717, 1.165) is 239 Å². The Labute approximate surface area is 627 Å². The van der Waals surface area contributed by atoms with Crippen molar-refractivity contribution in [3.63, 3.8) is 0 Å². The van der Waals surface area contributed by atoms with Crippen LogP contribution in [0.2, 0.25) is 0 Å². The van der Waals surface area contributed by atoms with E-state index < -0.39 is 6.09 Å². The number of rotatable bonds is 17. The minimum atomic E-state index is -0.395. The highest BCUT2D eigenvalue weighted by atomic mass is 16.6.